The van der Waals surface area contributed by atoms with Gasteiger partial charge in [-0.1, -0.05) is 264 Å². The Kier molecular flexibility index (Phi) is 59.2. The average molecular weight is 1270 g/mol. The molecule has 89 heavy (non-hydrogen) atoms. The summed E-state index contributed by atoms with van der Waals surface area (Å²) in [5.74, 6) is 1.17. The maximum atomic E-state index is 11.6. The number of carbonyl (C=O) groups is 7. The van der Waals surface area contributed by atoms with Gasteiger partial charge >= 0.3 is 0 Å². The molecule has 0 aromatic carbocycles. The van der Waals surface area contributed by atoms with Crippen LogP contribution in [0, 0.1) is 37.9 Å². The van der Waals surface area contributed by atoms with Crippen LogP contribution in [0.2, 0.25) is 0 Å². The Morgan fingerprint density at radius 2 is 0.416 bits per heavy atom. The predicted octanol–water partition coefficient (Wildman–Crippen LogP) is 15.4. The van der Waals surface area contributed by atoms with Crippen LogP contribution in [-0.4, -0.2) is 94.5 Å². The summed E-state index contributed by atoms with van der Waals surface area (Å²) in [6.45, 7) is 55.4. The quantitative estimate of drug-likeness (QED) is 0.0283. The lowest BCUT2D eigenvalue weighted by Crippen LogP contribution is -2.36. The number of unbranched alkanes of at least 4 members (excludes halogenated alkanes) is 7. The van der Waals surface area contributed by atoms with E-state index < -0.39 is 6.04 Å². The van der Waals surface area contributed by atoms with Crippen molar-refractivity contribution in [2.75, 3.05) is 6.61 Å². The molecule has 0 heterocycles. The largest absolute Gasteiger partial charge is 0.394 e. The topological polar surface area (TPSA) is 322 Å². The third-order valence-corrected chi connectivity index (χ3v) is 13.3. The lowest BCUT2D eigenvalue weighted by atomic mass is 9.87. The number of nitrogens with two attached hydrogens (primary N) is 7. The minimum atomic E-state index is -0.700. The zero-order valence-corrected chi connectivity index (χ0v) is 63.8. The van der Waals surface area contributed by atoms with E-state index in [2.05, 4.69) is 132 Å². The Morgan fingerprint density at radius 3 is 0.573 bits per heavy atom. The molecular weight excluding hydrogens is 1110 g/mol. The monoisotopic (exact) mass is 1270 g/mol. The normalized spacial score (nSPS) is 14.3. The standard InChI is InChI=1S/3C12H25NO.C11H23NO.C10H21NO.C9H19NO.C8H17NO2/c3*1-5-6-7-8-10(13)11(14)9-12(2,3)4;1-5-6-7-9(12)10(13)8-11(2,3)4;1-5-6-8(11)9(12)7-10(2,3)4;1-5-7(10)8(11)6-9(2,3)4;1-8(2,3)4-7(11)6(9)5-10/h3*10H,5-9,13H2,1-4H3;9H,5-8,12H2,1-4H3;8H,5-7,11H2,1-4H3;7H,5-6,10H2,1-4H3;6,10H,4-5,9H2,1-3H3/t3*10-;;;;6-/m100...0/s1. The van der Waals surface area contributed by atoms with Crippen LogP contribution in [0.5, 0.6) is 0 Å². The van der Waals surface area contributed by atoms with Gasteiger partial charge in [-0.25, -0.2) is 0 Å². The summed E-state index contributed by atoms with van der Waals surface area (Å²) in [6, 6.07) is -2.14. The number of ketones is 7. The van der Waals surface area contributed by atoms with E-state index in [9.17, 15) is 33.6 Å². The molecule has 0 rings (SSSR count). The van der Waals surface area contributed by atoms with Crippen molar-refractivity contribution in [1.82, 2.24) is 0 Å². The molecule has 0 bridgehead atoms. The van der Waals surface area contributed by atoms with E-state index >= 15 is 0 Å². The highest BCUT2D eigenvalue weighted by molar-refractivity contribution is 5.86. The van der Waals surface area contributed by atoms with Crippen molar-refractivity contribution in [3.05, 3.63) is 0 Å². The van der Waals surface area contributed by atoms with Crippen LogP contribution in [0.4, 0.5) is 0 Å². The number of aliphatic hydroxyl groups is 1. The van der Waals surface area contributed by atoms with Crippen molar-refractivity contribution in [3.63, 3.8) is 0 Å². The minimum Gasteiger partial charge on any atom is -0.394 e. The average Bonchev–Trinajstić information content (AvgIpc) is 3.35. The number of Topliss-reactive ketones (excluding diaryl/α,β-unsaturated/α-hetero) is 7. The number of hydrogen-bond donors (Lipinski definition) is 8. The molecule has 534 valence electrons. The van der Waals surface area contributed by atoms with E-state index in [1.165, 1.54) is 38.5 Å². The van der Waals surface area contributed by atoms with Gasteiger partial charge in [0.05, 0.1) is 48.9 Å². The molecule has 7 atom stereocenters. The van der Waals surface area contributed by atoms with Crippen molar-refractivity contribution in [1.29, 1.82) is 0 Å². The molecule has 0 aliphatic carbocycles. The van der Waals surface area contributed by atoms with Crippen LogP contribution in [0.1, 0.15) is 347 Å². The molecule has 0 aliphatic heterocycles. The van der Waals surface area contributed by atoms with Crippen molar-refractivity contribution in [2.24, 2.45) is 78.0 Å². The zero-order valence-electron chi connectivity index (χ0n) is 63.8. The first-order valence-corrected chi connectivity index (χ1v) is 34.6. The van der Waals surface area contributed by atoms with Gasteiger partial charge in [0.1, 0.15) is 34.7 Å². The molecule has 0 aromatic rings. The molecule has 15 nitrogen and oxygen atoms in total. The fraction of sp³-hybridized carbons (Fsp3) is 0.905. The van der Waals surface area contributed by atoms with Crippen molar-refractivity contribution < 1.29 is 38.7 Å². The summed E-state index contributed by atoms with van der Waals surface area (Å²) in [5, 5.41) is 8.56. The van der Waals surface area contributed by atoms with Crippen LogP contribution in [0.3, 0.4) is 0 Å². The Bertz CT molecular complexity index is 1690. The Labute approximate surface area is 551 Å². The summed E-state index contributed by atoms with van der Waals surface area (Å²) >= 11 is 0. The first-order valence-electron chi connectivity index (χ1n) is 34.6. The molecule has 0 saturated carbocycles. The molecule has 3 unspecified atom stereocenters. The third kappa shape index (κ3) is 79.5. The Hall–Kier alpha value is -2.63. The molecule has 0 radical (unpaired) electrons. The van der Waals surface area contributed by atoms with Crippen LogP contribution in [-0.2, 0) is 33.6 Å². The van der Waals surface area contributed by atoms with Gasteiger partial charge in [0, 0.05) is 44.9 Å². The molecule has 0 aliphatic rings. The zero-order chi connectivity index (χ0) is 72.0. The summed E-state index contributed by atoms with van der Waals surface area (Å²) < 4.78 is 0. The minimum absolute atomic E-state index is 0.0378. The second kappa shape index (κ2) is 52.7. The van der Waals surface area contributed by atoms with E-state index in [0.29, 0.717) is 44.9 Å². The molecule has 15 heteroatoms. The highest BCUT2D eigenvalue weighted by Gasteiger charge is 2.26. The first-order chi connectivity index (χ1) is 40.1. The first kappa shape index (κ1) is 99.9. The van der Waals surface area contributed by atoms with Gasteiger partial charge in [0.2, 0.25) is 0 Å². The smallest absolute Gasteiger partial charge is 0.152 e. The Balaban J connectivity index is -0.000000177. The van der Waals surface area contributed by atoms with E-state index in [1.807, 2.05) is 55.4 Å². The lowest BCUT2D eigenvalue weighted by Gasteiger charge is -2.19. The van der Waals surface area contributed by atoms with Crippen molar-refractivity contribution in [3.8, 4) is 0 Å². The highest BCUT2D eigenvalue weighted by Crippen LogP contribution is 2.25. The number of carbonyl (C=O) groups excluding carboxylic acids is 7. The molecule has 0 amide bonds. The fourth-order valence-electron chi connectivity index (χ4n) is 8.29. The maximum Gasteiger partial charge on any atom is 0.152 e. The van der Waals surface area contributed by atoms with Crippen molar-refractivity contribution in [2.45, 2.75) is 390 Å². The summed E-state index contributed by atoms with van der Waals surface area (Å²) in [4.78, 5) is 80.2. The third-order valence-electron chi connectivity index (χ3n) is 13.3. The summed E-state index contributed by atoms with van der Waals surface area (Å²) in [7, 11) is 0. The molecule has 0 aromatic heterocycles. The Morgan fingerprint density at radius 1 is 0.247 bits per heavy atom. The second-order valence-corrected chi connectivity index (χ2v) is 33.7. The molecule has 0 saturated heterocycles. The number of hydrogen-bond acceptors (Lipinski definition) is 15. The number of aliphatic hydroxyl groups excluding tert-OH is 1. The van der Waals surface area contributed by atoms with Crippen molar-refractivity contribution >= 4 is 40.5 Å². The van der Waals surface area contributed by atoms with Crippen LogP contribution < -0.4 is 40.1 Å². The van der Waals surface area contributed by atoms with E-state index in [1.54, 1.807) is 0 Å². The maximum absolute atomic E-state index is 11.6. The van der Waals surface area contributed by atoms with Crippen LogP contribution >= 0.6 is 0 Å². The van der Waals surface area contributed by atoms with E-state index in [4.69, 9.17) is 45.2 Å². The number of rotatable bonds is 33. The van der Waals surface area contributed by atoms with Gasteiger partial charge < -0.3 is 45.2 Å². The molecule has 15 N–H and O–H groups in total. The second-order valence-electron chi connectivity index (χ2n) is 33.7. The molecule has 0 spiro atoms. The van der Waals surface area contributed by atoms with Gasteiger partial charge in [-0.3, -0.25) is 33.6 Å². The lowest BCUT2D eigenvalue weighted by molar-refractivity contribution is -0.123. The van der Waals surface area contributed by atoms with Gasteiger partial charge in [-0.15, -0.1) is 0 Å². The van der Waals surface area contributed by atoms with E-state index in [-0.39, 0.29) is 121 Å². The van der Waals surface area contributed by atoms with E-state index in [0.717, 1.165) is 77.0 Å². The summed E-state index contributed by atoms with van der Waals surface area (Å²) in [6.07, 6.45) is 22.4. The van der Waals surface area contributed by atoms with Crippen LogP contribution in [0.25, 0.3) is 0 Å². The van der Waals surface area contributed by atoms with Gasteiger partial charge in [0.15, 0.2) is 5.78 Å². The van der Waals surface area contributed by atoms with Gasteiger partial charge in [-0.05, 0) is 76.4 Å². The van der Waals surface area contributed by atoms with Crippen LogP contribution in [0.15, 0.2) is 0 Å². The fourth-order valence-corrected chi connectivity index (χ4v) is 8.29. The molecular formula is C74H155N7O8. The summed E-state index contributed by atoms with van der Waals surface area (Å²) in [5.41, 5.74) is 40.2. The SMILES string of the molecule is CC(C)(C)CC(=O)[C@@H](N)CO.CCC(N)C(=O)CC(C)(C)C.CCCC(N)C(=O)CC(C)(C)C.CCCCC(N)C(=O)CC(C)(C)C.CCCCC[C@@H](N)C(=O)CC(C)(C)C.CCCCC[C@H](N)C(=O)CC(C)(C)C.CCCCC[C@H](N)C(=O)CC(C)(C)C. The molecule has 0 fully saturated rings. The predicted molar refractivity (Wildman–Crippen MR) is 384 cm³/mol. The van der Waals surface area contributed by atoms with Gasteiger partial charge in [-0.2, -0.15) is 0 Å². The van der Waals surface area contributed by atoms with Gasteiger partial charge in [0.25, 0.3) is 0 Å². The highest BCUT2D eigenvalue weighted by atomic mass is 16.3.